The molecule has 0 radical (unpaired) electrons. The van der Waals surface area contributed by atoms with E-state index in [1.165, 1.54) is 4.31 Å². The molecule has 0 heterocycles. The summed E-state index contributed by atoms with van der Waals surface area (Å²) in [6.07, 6.45) is 0. The number of carbonyl (C=O) groups excluding carboxylic acids is 1. The molecule has 5 nitrogen and oxygen atoms in total. The summed E-state index contributed by atoms with van der Waals surface area (Å²) in [6, 6.07) is 29.5. The third-order valence-electron chi connectivity index (χ3n) is 5.82. The number of hydrogen-bond donors (Lipinski definition) is 1. The van der Waals surface area contributed by atoms with Gasteiger partial charge in [0, 0.05) is 11.3 Å². The average Bonchev–Trinajstić information content (AvgIpc) is 2.85. The van der Waals surface area contributed by atoms with E-state index in [2.05, 4.69) is 5.32 Å². The molecule has 0 atom stereocenters. The summed E-state index contributed by atoms with van der Waals surface area (Å²) >= 11 is 0. The van der Waals surface area contributed by atoms with Crippen molar-refractivity contribution in [3.8, 4) is 11.1 Å². The maximum atomic E-state index is 13.7. The molecule has 0 aliphatic heterocycles. The number of hydrogen-bond acceptors (Lipinski definition) is 3. The van der Waals surface area contributed by atoms with Gasteiger partial charge in [0.15, 0.2) is 0 Å². The number of benzene rings is 4. The molecule has 1 N–H and O–H groups in total. The molecule has 0 unspecified atom stereocenters. The fourth-order valence-corrected chi connectivity index (χ4v) is 5.38. The highest BCUT2D eigenvalue weighted by Crippen LogP contribution is 2.30. The molecule has 4 rings (SSSR count). The Hall–Kier alpha value is -3.90. The fourth-order valence-electron chi connectivity index (χ4n) is 3.91. The Morgan fingerprint density at radius 1 is 0.771 bits per heavy atom. The van der Waals surface area contributed by atoms with Crippen LogP contribution in [0.1, 0.15) is 16.7 Å². The van der Waals surface area contributed by atoms with Gasteiger partial charge in [0.25, 0.3) is 10.0 Å². The lowest BCUT2D eigenvalue weighted by Gasteiger charge is -2.26. The van der Waals surface area contributed by atoms with Crippen LogP contribution in [-0.2, 0) is 14.8 Å². The molecule has 0 aliphatic carbocycles. The van der Waals surface area contributed by atoms with Crippen LogP contribution in [0.15, 0.2) is 102 Å². The lowest BCUT2D eigenvalue weighted by atomic mass is 10.0. The second-order valence-corrected chi connectivity index (χ2v) is 10.4. The number of sulfonamides is 1. The number of nitrogens with one attached hydrogen (secondary N) is 1. The van der Waals surface area contributed by atoms with Gasteiger partial charge in [0.05, 0.1) is 10.6 Å². The van der Waals surface area contributed by atoms with E-state index in [9.17, 15) is 13.2 Å². The Bertz CT molecular complexity index is 1450. The second-order valence-electron chi connectivity index (χ2n) is 8.57. The highest BCUT2D eigenvalue weighted by Gasteiger charge is 2.28. The van der Waals surface area contributed by atoms with E-state index < -0.39 is 15.9 Å². The molecule has 1 amide bonds. The van der Waals surface area contributed by atoms with E-state index in [0.29, 0.717) is 11.4 Å². The highest BCUT2D eigenvalue weighted by atomic mass is 32.2. The van der Waals surface area contributed by atoms with Crippen molar-refractivity contribution in [3.63, 3.8) is 0 Å². The van der Waals surface area contributed by atoms with Gasteiger partial charge in [-0.25, -0.2) is 8.42 Å². The van der Waals surface area contributed by atoms with Crippen LogP contribution < -0.4 is 9.62 Å². The van der Waals surface area contributed by atoms with Crippen LogP contribution in [0.4, 0.5) is 11.4 Å². The first-order chi connectivity index (χ1) is 16.8. The predicted octanol–water partition coefficient (Wildman–Crippen LogP) is 6.11. The lowest BCUT2D eigenvalue weighted by molar-refractivity contribution is -0.114. The molecule has 0 aromatic heterocycles. The summed E-state index contributed by atoms with van der Waals surface area (Å²) in [5.41, 5.74) is 5.56. The number of anilines is 2. The Morgan fingerprint density at radius 2 is 1.40 bits per heavy atom. The zero-order valence-electron chi connectivity index (χ0n) is 20.0. The normalized spacial score (nSPS) is 11.2. The Balaban J connectivity index is 1.70. The van der Waals surface area contributed by atoms with Gasteiger partial charge in [-0.3, -0.25) is 9.10 Å². The van der Waals surface area contributed by atoms with Crippen molar-refractivity contribution in [1.29, 1.82) is 0 Å². The third-order valence-corrected chi connectivity index (χ3v) is 7.59. The van der Waals surface area contributed by atoms with Gasteiger partial charge in [-0.1, -0.05) is 78.4 Å². The molecule has 0 aliphatic rings. The van der Waals surface area contributed by atoms with Crippen molar-refractivity contribution >= 4 is 27.3 Å². The average molecular weight is 485 g/mol. The van der Waals surface area contributed by atoms with Crippen molar-refractivity contribution in [1.82, 2.24) is 0 Å². The molecule has 0 saturated heterocycles. The van der Waals surface area contributed by atoms with Crippen LogP contribution >= 0.6 is 0 Å². The quantitative estimate of drug-likeness (QED) is 0.344. The van der Waals surface area contributed by atoms with Crippen molar-refractivity contribution in [2.24, 2.45) is 0 Å². The van der Waals surface area contributed by atoms with Gasteiger partial charge >= 0.3 is 0 Å². The van der Waals surface area contributed by atoms with Crippen LogP contribution in [-0.4, -0.2) is 20.9 Å². The molecule has 0 fully saturated rings. The molecule has 0 spiro atoms. The third kappa shape index (κ3) is 5.44. The first kappa shape index (κ1) is 24.2. The van der Waals surface area contributed by atoms with Gasteiger partial charge in [0.2, 0.25) is 5.91 Å². The minimum atomic E-state index is -3.99. The number of rotatable bonds is 7. The summed E-state index contributed by atoms with van der Waals surface area (Å²) < 4.78 is 28.7. The fraction of sp³-hybridized carbons (Fsp3) is 0.138. The van der Waals surface area contributed by atoms with Crippen LogP contribution in [0.5, 0.6) is 0 Å². The first-order valence-corrected chi connectivity index (χ1v) is 12.8. The maximum Gasteiger partial charge on any atom is 0.264 e. The highest BCUT2D eigenvalue weighted by molar-refractivity contribution is 7.92. The number of nitrogens with zero attached hydrogens (tertiary/aromatic N) is 1. The largest absolute Gasteiger partial charge is 0.324 e. The number of amides is 1. The molecule has 178 valence electrons. The molecular formula is C29H28N2O3S. The predicted molar refractivity (Wildman–Crippen MR) is 142 cm³/mol. The number of para-hydroxylation sites is 1. The van der Waals surface area contributed by atoms with Crippen LogP contribution in [0.25, 0.3) is 11.1 Å². The summed E-state index contributed by atoms with van der Waals surface area (Å²) in [5, 5.41) is 2.93. The van der Waals surface area contributed by atoms with Crippen molar-refractivity contribution in [3.05, 3.63) is 114 Å². The van der Waals surface area contributed by atoms with E-state index in [0.717, 1.165) is 27.8 Å². The molecule has 35 heavy (non-hydrogen) atoms. The lowest BCUT2D eigenvalue weighted by Crippen LogP contribution is -2.38. The van der Waals surface area contributed by atoms with E-state index >= 15 is 0 Å². The SMILES string of the molecule is Cc1ccc(S(=O)(=O)N(CC(=O)Nc2ccccc2-c2ccccc2)c2cc(C)ccc2C)cc1. The van der Waals surface area contributed by atoms with Gasteiger partial charge in [-0.05, 0) is 61.7 Å². The Labute approximate surface area is 207 Å². The van der Waals surface area contributed by atoms with Gasteiger partial charge in [-0.15, -0.1) is 0 Å². The van der Waals surface area contributed by atoms with E-state index in [4.69, 9.17) is 0 Å². The monoisotopic (exact) mass is 484 g/mol. The van der Waals surface area contributed by atoms with Crippen molar-refractivity contribution in [2.45, 2.75) is 25.7 Å². The van der Waals surface area contributed by atoms with Crippen LogP contribution in [0.2, 0.25) is 0 Å². The molecule has 0 saturated carbocycles. The van der Waals surface area contributed by atoms with E-state index in [1.54, 1.807) is 30.3 Å². The number of aryl methyl sites for hydroxylation is 3. The standard InChI is InChI=1S/C29H28N2O3S/c1-21-14-17-25(18-15-21)35(33,34)31(28-19-22(2)13-16-23(28)3)20-29(32)30-27-12-8-7-11-26(27)24-9-5-4-6-10-24/h4-19H,20H2,1-3H3,(H,30,32). The minimum Gasteiger partial charge on any atom is -0.324 e. The van der Waals surface area contributed by atoms with E-state index in [-0.39, 0.29) is 11.4 Å². The topological polar surface area (TPSA) is 66.5 Å². The van der Waals surface area contributed by atoms with E-state index in [1.807, 2.05) is 87.5 Å². The summed E-state index contributed by atoms with van der Waals surface area (Å²) in [5.74, 6) is -0.426. The zero-order valence-corrected chi connectivity index (χ0v) is 20.8. The maximum absolute atomic E-state index is 13.7. The minimum absolute atomic E-state index is 0.140. The molecule has 4 aromatic carbocycles. The molecule has 0 bridgehead atoms. The zero-order chi connectivity index (χ0) is 25.0. The van der Waals surface area contributed by atoms with Crippen molar-refractivity contribution < 1.29 is 13.2 Å². The van der Waals surface area contributed by atoms with Gasteiger partial charge in [-0.2, -0.15) is 0 Å². The van der Waals surface area contributed by atoms with Crippen LogP contribution in [0.3, 0.4) is 0 Å². The molecular weight excluding hydrogens is 456 g/mol. The molecule has 4 aromatic rings. The van der Waals surface area contributed by atoms with Crippen molar-refractivity contribution in [2.75, 3.05) is 16.2 Å². The second kappa shape index (κ2) is 10.2. The smallest absolute Gasteiger partial charge is 0.264 e. The summed E-state index contributed by atoms with van der Waals surface area (Å²) in [7, 11) is -3.99. The van der Waals surface area contributed by atoms with Crippen LogP contribution in [0, 0.1) is 20.8 Å². The summed E-state index contributed by atoms with van der Waals surface area (Å²) in [4.78, 5) is 13.4. The summed E-state index contributed by atoms with van der Waals surface area (Å²) in [6.45, 7) is 5.28. The van der Waals surface area contributed by atoms with Gasteiger partial charge in [0.1, 0.15) is 6.54 Å². The molecule has 6 heteroatoms. The van der Waals surface area contributed by atoms with Gasteiger partial charge < -0.3 is 5.32 Å². The first-order valence-electron chi connectivity index (χ1n) is 11.4. The Morgan fingerprint density at radius 3 is 2.11 bits per heavy atom. The number of carbonyl (C=O) groups is 1. The Kier molecular flexibility index (Phi) is 7.03.